The van der Waals surface area contributed by atoms with E-state index in [2.05, 4.69) is 0 Å². The molecule has 0 aliphatic carbocycles. The fourth-order valence-electron chi connectivity index (χ4n) is 0. The Morgan fingerprint density at radius 3 is 0.636 bits per heavy atom. The van der Waals surface area contributed by atoms with Crippen LogP contribution in [-0.4, -0.2) is 0 Å². The van der Waals surface area contributed by atoms with Crippen molar-refractivity contribution in [3.05, 3.63) is 0 Å². The maximum Gasteiger partial charge on any atom is 0 e. The SMILES string of the molecule is [O]=[Cr](=[O])([O-])[O-].[O]=[Cr](=[O])([O-])[O-].[Rh]. The van der Waals surface area contributed by atoms with E-state index in [0.717, 1.165) is 0 Å². The third kappa shape index (κ3) is 1540. The van der Waals surface area contributed by atoms with Crippen LogP contribution >= 0.6 is 0 Å². The molecule has 0 amide bonds. The molecule has 0 aliphatic rings. The molecule has 11 heavy (non-hydrogen) atoms. The summed E-state index contributed by atoms with van der Waals surface area (Å²) in [5.41, 5.74) is 0. The van der Waals surface area contributed by atoms with Gasteiger partial charge in [0.05, 0.1) is 0 Å². The van der Waals surface area contributed by atoms with Crippen LogP contribution < -0.4 is 16.6 Å². The van der Waals surface area contributed by atoms with Gasteiger partial charge in [-0.1, -0.05) is 0 Å². The largest absolute Gasteiger partial charge is 0 e. The second-order valence-electron chi connectivity index (χ2n) is 0.816. The Kier molecular flexibility index (Phi) is 10.1. The van der Waals surface area contributed by atoms with Gasteiger partial charge in [0.15, 0.2) is 0 Å². The Bertz CT molecular complexity index is 208. The average Bonchev–Trinajstić information content (AvgIpc) is 1.12. The van der Waals surface area contributed by atoms with Crippen LogP contribution in [0.3, 0.4) is 0 Å². The van der Waals surface area contributed by atoms with Gasteiger partial charge in [-0.2, -0.15) is 0 Å². The van der Waals surface area contributed by atoms with E-state index in [4.69, 9.17) is 31.8 Å². The number of rotatable bonds is 0. The molecule has 0 N–H and O–H groups in total. The molecule has 0 aromatic heterocycles. The molecule has 0 rings (SSSR count). The molecule has 0 bridgehead atoms. The summed E-state index contributed by atoms with van der Waals surface area (Å²) in [6, 6.07) is 0. The van der Waals surface area contributed by atoms with E-state index in [0.29, 0.717) is 0 Å². The van der Waals surface area contributed by atoms with Gasteiger partial charge in [-0.3, -0.25) is 0 Å². The Balaban J connectivity index is -0.000000107. The van der Waals surface area contributed by atoms with E-state index < -0.39 is 27.2 Å². The molecular formula is Cr2O8Rh-4. The summed E-state index contributed by atoms with van der Waals surface area (Å²) >= 11 is -11.5. The third-order valence-electron chi connectivity index (χ3n) is 0. The van der Waals surface area contributed by atoms with Gasteiger partial charge < -0.3 is 0 Å². The van der Waals surface area contributed by atoms with Crippen LogP contribution in [0.15, 0.2) is 0 Å². The van der Waals surface area contributed by atoms with Crippen LogP contribution in [0.5, 0.6) is 0 Å². The van der Waals surface area contributed by atoms with Crippen molar-refractivity contribution in [1.82, 2.24) is 0 Å². The molecule has 1 radical (unpaired) electrons. The molecule has 0 fully saturated rings. The zero-order valence-corrected chi connectivity index (χ0v) is 8.60. The fourth-order valence-corrected chi connectivity index (χ4v) is 0. The first kappa shape index (κ1) is 17.7. The molecule has 11 heteroatoms. The van der Waals surface area contributed by atoms with Crippen molar-refractivity contribution in [1.29, 1.82) is 0 Å². The Morgan fingerprint density at radius 1 is 0.636 bits per heavy atom. The summed E-state index contributed by atoms with van der Waals surface area (Å²) in [6.45, 7) is 0. The van der Waals surface area contributed by atoms with E-state index in [1.165, 1.54) is 0 Å². The molecule has 0 atom stereocenters. The summed E-state index contributed by atoms with van der Waals surface area (Å²) < 4.78 is 68.8. The molecular weight excluding hydrogens is 335 g/mol. The quantitative estimate of drug-likeness (QED) is 0.397. The standard InChI is InChI=1S/2Cr.8O.Rh/q;;;;;;4*-1;. The van der Waals surface area contributed by atoms with E-state index >= 15 is 0 Å². The first-order valence-electron chi connectivity index (χ1n) is 1.33. The van der Waals surface area contributed by atoms with Crippen LogP contribution in [-0.2, 0) is 61.9 Å². The van der Waals surface area contributed by atoms with Crippen molar-refractivity contribution in [2.24, 2.45) is 0 Å². The monoisotopic (exact) mass is 335 g/mol. The molecule has 0 unspecified atom stereocenters. The van der Waals surface area contributed by atoms with Crippen LogP contribution in [0.1, 0.15) is 0 Å². The topological polar surface area (TPSA) is 161 Å². The second kappa shape index (κ2) is 6.27. The van der Waals surface area contributed by atoms with Crippen LogP contribution in [0, 0.1) is 0 Å². The predicted octanol–water partition coefficient (Wildman–Crippen LogP) is -5.24. The summed E-state index contributed by atoms with van der Waals surface area (Å²) in [4.78, 5) is 0. The third-order valence-corrected chi connectivity index (χ3v) is 0. The minimum atomic E-state index is -5.75. The minimum absolute atomic E-state index is 0. The van der Waals surface area contributed by atoms with Gasteiger partial charge in [0.25, 0.3) is 0 Å². The predicted molar refractivity (Wildman–Crippen MR) is 2.75 cm³/mol. The Hall–Kier alpha value is 0.728. The number of hydrogen-bond acceptors (Lipinski definition) is 8. The first-order valence-corrected chi connectivity index (χ1v) is 5.50. The van der Waals surface area contributed by atoms with Crippen molar-refractivity contribution in [3.63, 3.8) is 0 Å². The van der Waals surface area contributed by atoms with E-state index in [-0.39, 0.29) is 19.5 Å². The maximum atomic E-state index is 8.59. The zero-order chi connectivity index (χ0) is 9.00. The van der Waals surface area contributed by atoms with Gasteiger partial charge in [0.2, 0.25) is 0 Å². The molecule has 0 spiro atoms. The molecule has 0 heterocycles. The fraction of sp³-hybridized carbons (Fsp3) is 0. The van der Waals surface area contributed by atoms with Crippen molar-refractivity contribution < 1.29 is 78.6 Å². The van der Waals surface area contributed by atoms with Gasteiger partial charge >= 0.3 is 59.1 Å². The van der Waals surface area contributed by atoms with E-state index in [1.54, 1.807) is 0 Å². The van der Waals surface area contributed by atoms with Crippen molar-refractivity contribution >= 4 is 0 Å². The van der Waals surface area contributed by atoms with Crippen molar-refractivity contribution in [2.45, 2.75) is 0 Å². The van der Waals surface area contributed by atoms with Gasteiger partial charge in [-0.05, 0) is 0 Å². The summed E-state index contributed by atoms with van der Waals surface area (Å²) in [5.74, 6) is 0. The molecule has 0 saturated heterocycles. The van der Waals surface area contributed by atoms with E-state index in [9.17, 15) is 0 Å². The van der Waals surface area contributed by atoms with Crippen molar-refractivity contribution in [3.8, 4) is 0 Å². The summed E-state index contributed by atoms with van der Waals surface area (Å²) in [5, 5.41) is 0. The Labute approximate surface area is 78.4 Å². The van der Waals surface area contributed by atoms with Crippen LogP contribution in [0.4, 0.5) is 0 Å². The van der Waals surface area contributed by atoms with Gasteiger partial charge in [-0.15, -0.1) is 0 Å². The molecule has 0 aromatic rings. The number of hydrogen-bond donors (Lipinski definition) is 0. The molecule has 0 aliphatic heterocycles. The zero-order valence-electron chi connectivity index (χ0n) is 4.42. The summed E-state index contributed by atoms with van der Waals surface area (Å²) in [6.07, 6.45) is 0. The molecule has 73 valence electrons. The van der Waals surface area contributed by atoms with Crippen LogP contribution in [0.25, 0.3) is 0 Å². The smallest absolute Gasteiger partial charge is 0 e. The molecule has 0 aromatic carbocycles. The van der Waals surface area contributed by atoms with Gasteiger partial charge in [0, 0.05) is 19.5 Å². The first-order chi connectivity index (χ1) is 4.00. The van der Waals surface area contributed by atoms with E-state index in [1.807, 2.05) is 0 Å². The maximum absolute atomic E-state index is 8.59. The van der Waals surface area contributed by atoms with Gasteiger partial charge in [0.1, 0.15) is 0 Å². The van der Waals surface area contributed by atoms with Gasteiger partial charge in [-0.25, -0.2) is 0 Å². The van der Waals surface area contributed by atoms with Crippen LogP contribution in [0.2, 0.25) is 0 Å². The average molecular weight is 335 g/mol. The molecule has 0 saturated carbocycles. The minimum Gasteiger partial charge on any atom is 0 e. The van der Waals surface area contributed by atoms with Crippen molar-refractivity contribution in [2.75, 3.05) is 0 Å². The molecule has 8 nitrogen and oxygen atoms in total. The Morgan fingerprint density at radius 2 is 0.636 bits per heavy atom. The second-order valence-corrected chi connectivity index (χ2v) is 3.37. The summed E-state index contributed by atoms with van der Waals surface area (Å²) in [7, 11) is 0. The normalized spacial score (nSPS) is 10.5.